The molecular weight excluding hydrogens is 378 g/mol. The van der Waals surface area contributed by atoms with Crippen molar-refractivity contribution in [2.45, 2.75) is 50.5 Å². The van der Waals surface area contributed by atoms with Crippen LogP contribution in [0.4, 0.5) is 5.69 Å². The molecule has 0 spiro atoms. The van der Waals surface area contributed by atoms with Crippen LogP contribution >= 0.6 is 12.4 Å². The Morgan fingerprint density at radius 2 is 1.92 bits per heavy atom. The number of hydrogen-bond donors (Lipinski definition) is 3. The monoisotopic (exact) mass is 405 g/mol. The van der Waals surface area contributed by atoms with Gasteiger partial charge in [-0.1, -0.05) is 13.8 Å². The lowest BCUT2D eigenvalue weighted by Gasteiger charge is -2.28. The van der Waals surface area contributed by atoms with Gasteiger partial charge in [0.25, 0.3) is 0 Å². The van der Waals surface area contributed by atoms with E-state index in [2.05, 4.69) is 10.0 Å². The Bertz CT molecular complexity index is 723. The highest BCUT2D eigenvalue weighted by Gasteiger charge is 2.34. The number of sulfonamides is 1. The minimum absolute atomic E-state index is 0. The average Bonchev–Trinajstić information content (AvgIpc) is 3.40. The van der Waals surface area contributed by atoms with Crippen LogP contribution in [0, 0.1) is 5.41 Å². The Morgan fingerprint density at radius 3 is 2.38 bits per heavy atom. The molecule has 0 atom stereocenters. The van der Waals surface area contributed by atoms with Crippen LogP contribution < -0.4 is 20.5 Å². The molecule has 2 rings (SSSR count). The highest BCUT2D eigenvalue weighted by molar-refractivity contribution is 7.89. The molecule has 26 heavy (non-hydrogen) atoms. The smallest absolute Gasteiger partial charge is 0.244 e. The van der Waals surface area contributed by atoms with Crippen LogP contribution in [0.3, 0.4) is 0 Å². The van der Waals surface area contributed by atoms with E-state index >= 15 is 0 Å². The van der Waals surface area contributed by atoms with Gasteiger partial charge in [0.2, 0.25) is 15.9 Å². The highest BCUT2D eigenvalue weighted by Crippen LogP contribution is 2.31. The van der Waals surface area contributed by atoms with Crippen LogP contribution in [0.1, 0.15) is 39.5 Å². The largest absolute Gasteiger partial charge is 0.495 e. The van der Waals surface area contributed by atoms with Gasteiger partial charge in [-0.05, 0) is 43.9 Å². The molecule has 1 saturated carbocycles. The van der Waals surface area contributed by atoms with Crippen LogP contribution in [0.15, 0.2) is 23.1 Å². The molecule has 0 aliphatic heterocycles. The first-order valence-electron chi connectivity index (χ1n) is 8.53. The number of nitrogens with one attached hydrogen (secondary N) is 2. The van der Waals surface area contributed by atoms with Crippen molar-refractivity contribution in [2.75, 3.05) is 19.0 Å². The van der Waals surface area contributed by atoms with Gasteiger partial charge in [0, 0.05) is 18.3 Å². The molecule has 1 aliphatic carbocycles. The summed E-state index contributed by atoms with van der Waals surface area (Å²) in [7, 11) is -2.29. The van der Waals surface area contributed by atoms with Crippen molar-refractivity contribution in [1.29, 1.82) is 0 Å². The molecule has 7 nitrogen and oxygen atoms in total. The SMILES string of the molecule is CCC(CC)(CN)C(=O)Nc1ccc(OC)c(S(=O)(=O)NC2CC2)c1.Cl. The maximum atomic E-state index is 12.6. The number of halogens is 1. The predicted octanol–water partition coefficient (Wildman–Crippen LogP) is 2.26. The molecule has 0 heterocycles. The molecule has 1 aliphatic rings. The summed E-state index contributed by atoms with van der Waals surface area (Å²) in [5.41, 5.74) is 5.55. The number of hydrogen-bond acceptors (Lipinski definition) is 5. The van der Waals surface area contributed by atoms with Gasteiger partial charge in [0.05, 0.1) is 12.5 Å². The highest BCUT2D eigenvalue weighted by atomic mass is 35.5. The molecule has 1 aromatic rings. The van der Waals surface area contributed by atoms with Gasteiger partial charge in [0.1, 0.15) is 10.6 Å². The molecule has 148 valence electrons. The molecule has 9 heteroatoms. The first-order chi connectivity index (χ1) is 11.8. The summed E-state index contributed by atoms with van der Waals surface area (Å²) in [6.07, 6.45) is 2.89. The molecule has 4 N–H and O–H groups in total. The minimum Gasteiger partial charge on any atom is -0.495 e. The number of anilines is 1. The number of benzene rings is 1. The first-order valence-corrected chi connectivity index (χ1v) is 10.0. The minimum atomic E-state index is -3.70. The number of carbonyl (C=O) groups is 1. The zero-order valence-electron chi connectivity index (χ0n) is 15.4. The molecule has 1 aromatic carbocycles. The summed E-state index contributed by atoms with van der Waals surface area (Å²) in [5.74, 6) is 0.0332. The topological polar surface area (TPSA) is 111 Å². The van der Waals surface area contributed by atoms with Crippen molar-refractivity contribution < 1.29 is 17.9 Å². The zero-order valence-corrected chi connectivity index (χ0v) is 17.0. The van der Waals surface area contributed by atoms with Crippen LogP contribution in [0.25, 0.3) is 0 Å². The molecule has 0 radical (unpaired) electrons. The van der Waals surface area contributed by atoms with Gasteiger partial charge in [-0.2, -0.15) is 0 Å². The van der Waals surface area contributed by atoms with E-state index in [4.69, 9.17) is 10.5 Å². The number of methoxy groups -OCH3 is 1. The maximum Gasteiger partial charge on any atom is 0.244 e. The van der Waals surface area contributed by atoms with Crippen LogP contribution in [-0.4, -0.2) is 34.0 Å². The summed E-state index contributed by atoms with van der Waals surface area (Å²) >= 11 is 0. The van der Waals surface area contributed by atoms with Gasteiger partial charge >= 0.3 is 0 Å². The number of nitrogens with two attached hydrogens (primary N) is 1. The number of rotatable bonds is 9. The second kappa shape index (κ2) is 9.03. The van der Waals surface area contributed by atoms with Crippen molar-refractivity contribution >= 4 is 34.0 Å². The van der Waals surface area contributed by atoms with Crippen molar-refractivity contribution in [3.63, 3.8) is 0 Å². The fraction of sp³-hybridized carbons (Fsp3) is 0.588. The van der Waals surface area contributed by atoms with E-state index in [1.807, 2.05) is 13.8 Å². The first kappa shape index (κ1) is 22.7. The molecule has 0 unspecified atom stereocenters. The summed E-state index contributed by atoms with van der Waals surface area (Å²) in [4.78, 5) is 12.7. The number of amides is 1. The molecule has 0 bridgehead atoms. The average molecular weight is 406 g/mol. The quantitative estimate of drug-likeness (QED) is 0.583. The third kappa shape index (κ3) is 4.88. The second-order valence-corrected chi connectivity index (χ2v) is 8.09. The van der Waals surface area contributed by atoms with Gasteiger partial charge in [-0.25, -0.2) is 13.1 Å². The Balaban J connectivity index is 0.00000338. The van der Waals surface area contributed by atoms with Gasteiger partial charge in [0.15, 0.2) is 0 Å². The van der Waals surface area contributed by atoms with Crippen molar-refractivity contribution in [3.05, 3.63) is 18.2 Å². The van der Waals surface area contributed by atoms with E-state index < -0.39 is 15.4 Å². The van der Waals surface area contributed by atoms with Crippen LogP contribution in [0.2, 0.25) is 0 Å². The molecule has 1 fully saturated rings. The van der Waals surface area contributed by atoms with Gasteiger partial charge in [-0.15, -0.1) is 12.4 Å². The van der Waals surface area contributed by atoms with E-state index in [0.717, 1.165) is 12.8 Å². The lowest BCUT2D eigenvalue weighted by atomic mass is 9.81. The Kier molecular flexibility index (Phi) is 7.88. The molecule has 0 aromatic heterocycles. The maximum absolute atomic E-state index is 12.6. The molecule has 1 amide bonds. The van der Waals surface area contributed by atoms with Crippen LogP contribution in [-0.2, 0) is 14.8 Å². The summed E-state index contributed by atoms with van der Waals surface area (Å²) in [6, 6.07) is 4.57. The second-order valence-electron chi connectivity index (χ2n) is 6.41. The third-order valence-electron chi connectivity index (χ3n) is 4.84. The fourth-order valence-electron chi connectivity index (χ4n) is 2.66. The Hall–Kier alpha value is -1.35. The van der Waals surface area contributed by atoms with Gasteiger partial charge in [-0.3, -0.25) is 4.79 Å². The predicted molar refractivity (Wildman–Crippen MR) is 104 cm³/mol. The van der Waals surface area contributed by atoms with E-state index in [1.54, 1.807) is 12.1 Å². The Labute approximate surface area is 161 Å². The standard InChI is InChI=1S/C17H27N3O4S.ClH/c1-4-17(5-2,11-18)16(21)19-13-8-9-14(24-3)15(10-13)25(22,23)20-12-6-7-12;/h8-10,12,20H,4-7,11,18H2,1-3H3,(H,19,21);1H. The molecular formula is C17H28ClN3O4S. The lowest BCUT2D eigenvalue weighted by Crippen LogP contribution is -2.41. The Morgan fingerprint density at radius 1 is 1.31 bits per heavy atom. The van der Waals surface area contributed by atoms with Crippen molar-refractivity contribution in [3.8, 4) is 5.75 Å². The van der Waals surface area contributed by atoms with E-state index in [0.29, 0.717) is 18.5 Å². The summed E-state index contributed by atoms with van der Waals surface area (Å²) in [6.45, 7) is 4.06. The van der Waals surface area contributed by atoms with E-state index in [-0.39, 0.29) is 41.5 Å². The third-order valence-corrected chi connectivity index (χ3v) is 6.38. The zero-order chi connectivity index (χ0) is 18.7. The van der Waals surface area contributed by atoms with Crippen molar-refractivity contribution in [1.82, 2.24) is 4.72 Å². The number of ether oxygens (including phenoxy) is 1. The normalized spacial score (nSPS) is 14.5. The molecule has 0 saturated heterocycles. The fourth-order valence-corrected chi connectivity index (χ4v) is 4.16. The summed E-state index contributed by atoms with van der Waals surface area (Å²) in [5, 5.41) is 2.80. The summed E-state index contributed by atoms with van der Waals surface area (Å²) < 4.78 is 32.9. The van der Waals surface area contributed by atoms with Crippen molar-refractivity contribution in [2.24, 2.45) is 11.1 Å². The lowest BCUT2D eigenvalue weighted by molar-refractivity contribution is -0.125. The van der Waals surface area contributed by atoms with E-state index in [9.17, 15) is 13.2 Å². The van der Waals surface area contributed by atoms with Gasteiger partial charge < -0.3 is 15.8 Å². The van der Waals surface area contributed by atoms with E-state index in [1.165, 1.54) is 13.2 Å². The number of carbonyl (C=O) groups excluding carboxylic acids is 1. The van der Waals surface area contributed by atoms with Crippen LogP contribution in [0.5, 0.6) is 5.75 Å².